The normalized spacial score (nSPS) is 13.3. The molecule has 0 bridgehead atoms. The average Bonchev–Trinajstić information content (AvgIpc) is 3.83. The number of hydrogen-bond donors (Lipinski definition) is 0. The maximum Gasteiger partial charge on any atom is 0.164 e. The summed E-state index contributed by atoms with van der Waals surface area (Å²) in [6.07, 6.45) is 0. The van der Waals surface area contributed by atoms with Crippen LogP contribution >= 0.6 is 0 Å². The van der Waals surface area contributed by atoms with Crippen LogP contribution in [0.15, 0.2) is 172 Å². The highest BCUT2D eigenvalue weighted by Crippen LogP contribution is 2.42. The first-order valence-corrected chi connectivity index (χ1v) is 16.1. The summed E-state index contributed by atoms with van der Waals surface area (Å²) < 4.78 is 67.7. The van der Waals surface area contributed by atoms with Crippen molar-refractivity contribution >= 4 is 43.9 Å². The zero-order valence-electron chi connectivity index (χ0n) is 32.3. The van der Waals surface area contributed by atoms with Crippen LogP contribution in [0.2, 0.25) is 0 Å². The molecule has 0 spiro atoms. The van der Waals surface area contributed by atoms with E-state index < -0.39 is 0 Å². The molecule has 0 aliphatic rings. The first-order valence-electron chi connectivity index (χ1n) is 19.1. The van der Waals surface area contributed by atoms with Crippen molar-refractivity contribution in [2.75, 3.05) is 0 Å². The van der Waals surface area contributed by atoms with E-state index in [9.17, 15) is 5.48 Å². The third-order valence-electron chi connectivity index (χ3n) is 8.89. The molecule has 234 valence electrons. The molecular weight excluding hydrogens is 615 g/mol. The molecule has 0 aliphatic carbocycles. The topological polar surface area (TPSA) is 65.0 Å². The Morgan fingerprint density at radius 2 is 0.960 bits per heavy atom. The smallest absolute Gasteiger partial charge is 0.164 e. The Morgan fingerprint density at radius 3 is 1.74 bits per heavy atom. The summed E-state index contributed by atoms with van der Waals surface area (Å²) in [5, 5.41) is 1.80. The van der Waals surface area contributed by atoms with Gasteiger partial charge in [-0.1, -0.05) is 133 Å². The molecule has 0 amide bonds. The summed E-state index contributed by atoms with van der Waals surface area (Å²) in [5.41, 5.74) is 5.30. The highest BCUT2D eigenvalue weighted by atomic mass is 16.3. The van der Waals surface area contributed by atoms with E-state index in [2.05, 4.69) is 0 Å². The second kappa shape index (κ2) is 11.4. The summed E-state index contributed by atoms with van der Waals surface area (Å²) in [7, 11) is 0. The lowest BCUT2D eigenvalue weighted by Crippen LogP contribution is -2.00. The molecule has 3 heterocycles. The van der Waals surface area contributed by atoms with Gasteiger partial charge in [-0.3, -0.25) is 0 Å². The average molecular weight is 648 g/mol. The first kappa shape index (κ1) is 22.7. The van der Waals surface area contributed by atoms with E-state index in [-0.39, 0.29) is 75.1 Å². The van der Waals surface area contributed by atoms with Gasteiger partial charge in [0.2, 0.25) is 0 Å². The molecule has 0 saturated heterocycles. The maximum absolute atomic E-state index is 9.52. The van der Waals surface area contributed by atoms with Crippen LogP contribution in [0, 0.1) is 0 Å². The van der Waals surface area contributed by atoms with Gasteiger partial charge < -0.3 is 8.83 Å². The van der Waals surface area contributed by atoms with Crippen molar-refractivity contribution in [3.63, 3.8) is 0 Å². The van der Waals surface area contributed by atoms with Gasteiger partial charge in [-0.25, -0.2) is 15.0 Å². The van der Waals surface area contributed by atoms with Crippen LogP contribution in [0.1, 0.15) is 8.22 Å². The number of aromatic nitrogens is 3. The zero-order chi connectivity index (χ0) is 38.2. The van der Waals surface area contributed by atoms with Crippen LogP contribution in [-0.2, 0) is 0 Å². The monoisotopic (exact) mass is 647 g/mol. The predicted molar refractivity (Wildman–Crippen MR) is 202 cm³/mol. The Hall–Kier alpha value is -6.85. The Morgan fingerprint density at radius 1 is 0.380 bits per heavy atom. The van der Waals surface area contributed by atoms with Gasteiger partial charge in [-0.05, 0) is 52.5 Å². The molecule has 5 nitrogen and oxygen atoms in total. The van der Waals surface area contributed by atoms with E-state index in [0.717, 1.165) is 16.5 Å². The number of rotatable bonds is 5. The maximum atomic E-state index is 9.52. The van der Waals surface area contributed by atoms with Crippen molar-refractivity contribution in [3.05, 3.63) is 164 Å². The van der Waals surface area contributed by atoms with E-state index in [1.165, 1.54) is 0 Å². The van der Waals surface area contributed by atoms with Crippen molar-refractivity contribution in [1.29, 1.82) is 0 Å². The minimum absolute atomic E-state index is 0.00941. The Kier molecular flexibility index (Phi) is 5.17. The lowest BCUT2D eigenvalue weighted by atomic mass is 9.95. The van der Waals surface area contributed by atoms with Crippen molar-refractivity contribution in [3.8, 4) is 56.4 Å². The minimum atomic E-state index is -0.367. The SMILES string of the molecule is [2H]c1c([2H])c(-c2cccc3oc4ccccc4c23)c2c(oc3c([2H])c(-c4nc(-c5ccccc5)nc(-c5ccc(-c6ccccc6)cc5)n4)c([2H])c([2H])c32)c1[2H]. The van der Waals surface area contributed by atoms with Crippen LogP contribution < -0.4 is 0 Å². The van der Waals surface area contributed by atoms with E-state index in [0.29, 0.717) is 44.9 Å². The first-order chi connectivity index (χ1) is 27.3. The second-order valence-electron chi connectivity index (χ2n) is 11.9. The summed E-state index contributed by atoms with van der Waals surface area (Å²) in [6, 6.07) is 38.2. The quantitative estimate of drug-likeness (QED) is 0.186. The van der Waals surface area contributed by atoms with Gasteiger partial charge in [0.25, 0.3) is 0 Å². The molecule has 7 aromatic carbocycles. The lowest BCUT2D eigenvalue weighted by molar-refractivity contribution is 0.668. The van der Waals surface area contributed by atoms with Gasteiger partial charge in [-0.2, -0.15) is 0 Å². The van der Waals surface area contributed by atoms with E-state index in [1.54, 1.807) is 6.07 Å². The highest BCUT2D eigenvalue weighted by Gasteiger charge is 2.19. The standard InChI is InChI=1S/C45H27N3O2/c1-3-11-28(12-4-1)29-21-23-31(24-22-29)44-46-43(30-13-5-2-6-14-30)47-45(48-44)32-25-26-36-40(27-32)50-39-20-10-17-34(42(36)39)33-16-9-19-38-41(33)35-15-7-8-18-37(35)49-38/h1-27H/i10D,17D,20D,25D,26D,27D. The van der Waals surface area contributed by atoms with Crippen molar-refractivity contribution < 1.29 is 17.1 Å². The van der Waals surface area contributed by atoms with Crippen molar-refractivity contribution in [2.45, 2.75) is 0 Å². The van der Waals surface area contributed by atoms with Crippen LogP contribution in [0.5, 0.6) is 0 Å². The predicted octanol–water partition coefficient (Wildman–Crippen LogP) is 12.0. The molecule has 50 heavy (non-hydrogen) atoms. The van der Waals surface area contributed by atoms with Gasteiger partial charge in [-0.15, -0.1) is 0 Å². The van der Waals surface area contributed by atoms with E-state index >= 15 is 0 Å². The number of hydrogen-bond acceptors (Lipinski definition) is 5. The fourth-order valence-corrected chi connectivity index (χ4v) is 6.52. The lowest BCUT2D eigenvalue weighted by Gasteiger charge is -2.09. The number of benzene rings is 7. The molecule has 3 aromatic heterocycles. The molecule has 0 saturated carbocycles. The third kappa shape index (κ3) is 4.67. The minimum Gasteiger partial charge on any atom is -0.456 e. The molecule has 5 heteroatoms. The van der Waals surface area contributed by atoms with Gasteiger partial charge in [0, 0.05) is 38.2 Å². The zero-order valence-corrected chi connectivity index (χ0v) is 26.3. The molecular formula is C45H27N3O2. The van der Waals surface area contributed by atoms with Crippen LogP contribution in [-0.4, -0.2) is 15.0 Å². The van der Waals surface area contributed by atoms with Gasteiger partial charge in [0.1, 0.15) is 22.3 Å². The Balaban J connectivity index is 1.23. The fraction of sp³-hybridized carbons (Fsp3) is 0. The Labute approximate surface area is 295 Å². The molecule has 10 aromatic rings. The van der Waals surface area contributed by atoms with Gasteiger partial charge in [0.15, 0.2) is 17.5 Å². The van der Waals surface area contributed by atoms with Crippen LogP contribution in [0.3, 0.4) is 0 Å². The van der Waals surface area contributed by atoms with Gasteiger partial charge in [0.05, 0.1) is 8.22 Å². The van der Waals surface area contributed by atoms with E-state index in [4.69, 9.17) is 26.5 Å². The summed E-state index contributed by atoms with van der Waals surface area (Å²) in [6.45, 7) is 0. The molecule has 10 rings (SSSR count). The molecule has 0 N–H and O–H groups in total. The molecule has 0 radical (unpaired) electrons. The van der Waals surface area contributed by atoms with E-state index in [1.807, 2.05) is 121 Å². The van der Waals surface area contributed by atoms with Crippen molar-refractivity contribution in [2.24, 2.45) is 0 Å². The number of nitrogens with zero attached hydrogens (tertiary/aromatic N) is 3. The summed E-state index contributed by atoms with van der Waals surface area (Å²) >= 11 is 0. The van der Waals surface area contributed by atoms with Crippen LogP contribution in [0.4, 0.5) is 0 Å². The molecule has 0 aliphatic heterocycles. The fourth-order valence-electron chi connectivity index (χ4n) is 6.52. The highest BCUT2D eigenvalue weighted by molar-refractivity contribution is 6.19. The molecule has 0 unspecified atom stereocenters. The number of fused-ring (bicyclic) bond motifs is 6. The van der Waals surface area contributed by atoms with Gasteiger partial charge >= 0.3 is 0 Å². The van der Waals surface area contributed by atoms with Crippen molar-refractivity contribution in [1.82, 2.24) is 15.0 Å². The largest absolute Gasteiger partial charge is 0.456 e. The molecule has 0 atom stereocenters. The third-order valence-corrected chi connectivity index (χ3v) is 8.89. The number of furan rings is 2. The molecule has 0 fully saturated rings. The van der Waals surface area contributed by atoms with Crippen LogP contribution in [0.25, 0.3) is 100 Å². The summed E-state index contributed by atoms with van der Waals surface area (Å²) in [4.78, 5) is 14.4. The summed E-state index contributed by atoms with van der Waals surface area (Å²) in [5.74, 6) is 0.647. The number of para-hydroxylation sites is 1. The Bertz CT molecular complexity index is 3200. The second-order valence-corrected chi connectivity index (χ2v) is 11.9.